The van der Waals surface area contributed by atoms with E-state index in [1.165, 1.54) is 11.8 Å². The van der Waals surface area contributed by atoms with Crippen LogP contribution in [0, 0.1) is 6.92 Å². The molecule has 0 bridgehead atoms. The van der Waals surface area contributed by atoms with Gasteiger partial charge in [0.25, 0.3) is 5.22 Å². The van der Waals surface area contributed by atoms with Crippen molar-refractivity contribution >= 4 is 23.4 Å². The van der Waals surface area contributed by atoms with Gasteiger partial charge in [-0.25, -0.2) is 0 Å². The molecule has 0 unspecified atom stereocenters. The molecule has 1 heterocycles. The smallest absolute Gasteiger partial charge is 0.277 e. The second kappa shape index (κ2) is 6.56. The molecule has 1 N–H and O–H groups in total. The Labute approximate surface area is 122 Å². The summed E-state index contributed by atoms with van der Waals surface area (Å²) in [6, 6.07) is 7.82. The number of anilines is 1. The molecular weight excluding hydrogens is 274 g/mol. The molecule has 1 aromatic heterocycles. The summed E-state index contributed by atoms with van der Waals surface area (Å²) in [6.45, 7) is 5.91. The summed E-state index contributed by atoms with van der Waals surface area (Å²) in [4.78, 5) is 11.9. The number of carbonyl (C=O) groups is 1. The second-order valence-electron chi connectivity index (χ2n) is 4.67. The fourth-order valence-electron chi connectivity index (χ4n) is 1.76. The lowest BCUT2D eigenvalue weighted by molar-refractivity contribution is -0.113. The summed E-state index contributed by atoms with van der Waals surface area (Å²) in [6.07, 6.45) is 0. The molecule has 0 fully saturated rings. The van der Waals surface area contributed by atoms with Crippen molar-refractivity contribution in [2.75, 3.05) is 11.1 Å². The monoisotopic (exact) mass is 291 g/mol. The van der Waals surface area contributed by atoms with Gasteiger partial charge in [-0.1, -0.05) is 43.8 Å². The molecule has 0 aliphatic rings. The summed E-state index contributed by atoms with van der Waals surface area (Å²) < 4.78 is 5.21. The van der Waals surface area contributed by atoms with Gasteiger partial charge in [0.1, 0.15) is 0 Å². The summed E-state index contributed by atoms with van der Waals surface area (Å²) in [5.41, 5.74) is 1.98. The molecule has 0 aliphatic heterocycles. The van der Waals surface area contributed by atoms with E-state index in [-0.39, 0.29) is 11.7 Å². The van der Waals surface area contributed by atoms with Gasteiger partial charge in [0.05, 0.1) is 5.75 Å². The number of carbonyl (C=O) groups excluding carboxylic acids is 1. The minimum absolute atomic E-state index is 0.0843. The third kappa shape index (κ3) is 3.84. The lowest BCUT2D eigenvalue weighted by atomic mass is 10.0. The van der Waals surface area contributed by atoms with Crippen molar-refractivity contribution in [1.82, 2.24) is 10.2 Å². The van der Waals surface area contributed by atoms with Crippen LogP contribution in [0.1, 0.15) is 31.2 Å². The van der Waals surface area contributed by atoms with Crippen LogP contribution < -0.4 is 5.32 Å². The average Bonchev–Trinajstić information content (AvgIpc) is 2.83. The number of hydrogen-bond donors (Lipinski definition) is 1. The first-order chi connectivity index (χ1) is 9.56. The largest absolute Gasteiger partial charge is 0.416 e. The van der Waals surface area contributed by atoms with Crippen molar-refractivity contribution in [3.8, 4) is 0 Å². The highest BCUT2D eigenvalue weighted by atomic mass is 32.2. The third-order valence-corrected chi connectivity index (χ3v) is 3.51. The maximum atomic E-state index is 11.9. The predicted octanol–water partition coefficient (Wildman–Crippen LogP) is 3.23. The highest BCUT2D eigenvalue weighted by Gasteiger charge is 2.11. The summed E-state index contributed by atoms with van der Waals surface area (Å²) in [7, 11) is 0. The van der Waals surface area contributed by atoms with Crippen LogP contribution in [0.2, 0.25) is 0 Å². The fraction of sp³-hybridized carbons (Fsp3) is 0.357. The molecular formula is C14H17N3O2S. The van der Waals surface area contributed by atoms with Crippen LogP contribution in [-0.2, 0) is 4.79 Å². The van der Waals surface area contributed by atoms with Crippen molar-refractivity contribution in [2.24, 2.45) is 0 Å². The number of para-hydroxylation sites is 1. The lowest BCUT2D eigenvalue weighted by Crippen LogP contribution is -2.15. The summed E-state index contributed by atoms with van der Waals surface area (Å²) in [5, 5.41) is 10.9. The van der Waals surface area contributed by atoms with Crippen LogP contribution in [0.5, 0.6) is 0 Å². The van der Waals surface area contributed by atoms with E-state index in [4.69, 9.17) is 4.42 Å². The molecule has 1 amide bonds. The van der Waals surface area contributed by atoms with Crippen molar-refractivity contribution in [2.45, 2.75) is 31.9 Å². The van der Waals surface area contributed by atoms with Crippen LogP contribution in [0.25, 0.3) is 0 Å². The predicted molar refractivity (Wildman–Crippen MR) is 78.9 cm³/mol. The first-order valence-electron chi connectivity index (χ1n) is 6.38. The van der Waals surface area contributed by atoms with E-state index >= 15 is 0 Å². The molecule has 0 saturated carbocycles. The second-order valence-corrected chi connectivity index (χ2v) is 5.59. The number of hydrogen-bond acceptors (Lipinski definition) is 5. The standard InChI is InChI=1S/C14H17N3O2S/c1-9(2)11-6-4-5-7-12(11)15-13(18)8-20-14-17-16-10(3)19-14/h4-7,9H,8H2,1-3H3,(H,15,18). The number of aryl methyl sites for hydroxylation is 1. The van der Waals surface area contributed by atoms with Crippen molar-refractivity contribution < 1.29 is 9.21 Å². The SMILES string of the molecule is Cc1nnc(SCC(=O)Nc2ccccc2C(C)C)o1. The fourth-order valence-corrected chi connectivity index (χ4v) is 2.37. The van der Waals surface area contributed by atoms with E-state index in [1.807, 2.05) is 24.3 Å². The van der Waals surface area contributed by atoms with E-state index in [0.29, 0.717) is 17.0 Å². The molecule has 5 nitrogen and oxygen atoms in total. The van der Waals surface area contributed by atoms with E-state index in [0.717, 1.165) is 11.3 Å². The Morgan fingerprint density at radius 1 is 1.35 bits per heavy atom. The van der Waals surface area contributed by atoms with Crippen molar-refractivity contribution in [3.05, 3.63) is 35.7 Å². The molecule has 0 aliphatic carbocycles. The number of thioether (sulfide) groups is 1. The van der Waals surface area contributed by atoms with E-state index < -0.39 is 0 Å². The zero-order valence-corrected chi connectivity index (χ0v) is 12.5. The minimum Gasteiger partial charge on any atom is -0.416 e. The van der Waals surface area contributed by atoms with Gasteiger partial charge in [-0.05, 0) is 17.5 Å². The third-order valence-electron chi connectivity index (χ3n) is 2.69. The Kier molecular flexibility index (Phi) is 4.79. The average molecular weight is 291 g/mol. The van der Waals surface area contributed by atoms with Gasteiger partial charge in [0.2, 0.25) is 11.8 Å². The molecule has 2 rings (SSSR count). The summed E-state index contributed by atoms with van der Waals surface area (Å²) >= 11 is 1.23. The van der Waals surface area contributed by atoms with Crippen LogP contribution >= 0.6 is 11.8 Å². The Hall–Kier alpha value is -1.82. The van der Waals surface area contributed by atoms with Gasteiger partial charge in [0.15, 0.2) is 0 Å². The lowest BCUT2D eigenvalue weighted by Gasteiger charge is -2.13. The van der Waals surface area contributed by atoms with Crippen molar-refractivity contribution in [1.29, 1.82) is 0 Å². The Morgan fingerprint density at radius 3 is 2.75 bits per heavy atom. The van der Waals surface area contributed by atoms with Crippen LogP contribution in [0.4, 0.5) is 5.69 Å². The van der Waals surface area contributed by atoms with Crippen molar-refractivity contribution in [3.63, 3.8) is 0 Å². The molecule has 0 spiro atoms. The first-order valence-corrected chi connectivity index (χ1v) is 7.36. The molecule has 6 heteroatoms. The van der Waals surface area contributed by atoms with Crippen LogP contribution in [0.3, 0.4) is 0 Å². The molecule has 20 heavy (non-hydrogen) atoms. The van der Waals surface area contributed by atoms with Crippen LogP contribution in [0.15, 0.2) is 33.9 Å². The summed E-state index contributed by atoms with van der Waals surface area (Å²) in [5.74, 6) is 1.02. The molecule has 0 radical (unpaired) electrons. The Bertz CT molecular complexity index is 596. The molecule has 106 valence electrons. The van der Waals surface area contributed by atoms with Gasteiger partial charge in [0, 0.05) is 12.6 Å². The highest BCUT2D eigenvalue weighted by Crippen LogP contribution is 2.24. The zero-order chi connectivity index (χ0) is 14.5. The Balaban J connectivity index is 1.94. The number of aromatic nitrogens is 2. The minimum atomic E-state index is -0.0843. The molecule has 0 saturated heterocycles. The zero-order valence-electron chi connectivity index (χ0n) is 11.7. The van der Waals surface area contributed by atoms with Gasteiger partial charge < -0.3 is 9.73 Å². The highest BCUT2D eigenvalue weighted by molar-refractivity contribution is 7.99. The van der Waals surface area contributed by atoms with E-state index in [9.17, 15) is 4.79 Å². The number of amides is 1. The quantitative estimate of drug-likeness (QED) is 0.857. The number of rotatable bonds is 5. The molecule has 1 aromatic carbocycles. The molecule has 0 atom stereocenters. The van der Waals surface area contributed by atoms with E-state index in [2.05, 4.69) is 29.4 Å². The topological polar surface area (TPSA) is 68.0 Å². The first kappa shape index (κ1) is 14.6. The maximum Gasteiger partial charge on any atom is 0.277 e. The normalized spacial score (nSPS) is 10.8. The Morgan fingerprint density at radius 2 is 2.10 bits per heavy atom. The molecule has 2 aromatic rings. The number of nitrogens with zero attached hydrogens (tertiary/aromatic N) is 2. The van der Waals surface area contributed by atoms with Gasteiger partial charge in [-0.3, -0.25) is 4.79 Å². The van der Waals surface area contributed by atoms with E-state index in [1.54, 1.807) is 6.92 Å². The van der Waals surface area contributed by atoms with Gasteiger partial charge in [-0.15, -0.1) is 10.2 Å². The maximum absolute atomic E-state index is 11.9. The number of nitrogens with one attached hydrogen (secondary N) is 1. The number of benzene rings is 1. The van der Waals surface area contributed by atoms with Crippen LogP contribution in [-0.4, -0.2) is 21.9 Å². The van der Waals surface area contributed by atoms with Gasteiger partial charge >= 0.3 is 0 Å². The van der Waals surface area contributed by atoms with Gasteiger partial charge in [-0.2, -0.15) is 0 Å².